The standard InChI is InChI=1S/C22H20O2/c1-3-7-17-11-21-19(9-15(17)5-1)10-16-6-2-4-8-18(16)12-22(21)24-14-20-13-23-20/h1-9,11,20,22H,10,12-14H2. The third-order valence-electron chi connectivity index (χ3n) is 5.14. The van der Waals surface area contributed by atoms with Crippen molar-refractivity contribution in [3.63, 3.8) is 0 Å². The van der Waals surface area contributed by atoms with Gasteiger partial charge in [-0.2, -0.15) is 0 Å². The number of hydrogen-bond acceptors (Lipinski definition) is 2. The van der Waals surface area contributed by atoms with Gasteiger partial charge in [0.1, 0.15) is 6.10 Å². The maximum absolute atomic E-state index is 6.29. The minimum absolute atomic E-state index is 0.109. The Morgan fingerprint density at radius 2 is 1.58 bits per heavy atom. The molecule has 2 atom stereocenters. The molecule has 0 amide bonds. The fraction of sp³-hybridized carbons (Fsp3) is 0.273. The molecule has 0 saturated carbocycles. The second kappa shape index (κ2) is 5.73. The van der Waals surface area contributed by atoms with Gasteiger partial charge < -0.3 is 9.47 Å². The second-order valence-electron chi connectivity index (χ2n) is 6.83. The van der Waals surface area contributed by atoms with Crippen LogP contribution in [-0.2, 0) is 22.3 Å². The van der Waals surface area contributed by atoms with Crippen LogP contribution in [0, 0.1) is 0 Å². The molecular weight excluding hydrogens is 296 g/mol. The molecule has 1 fully saturated rings. The first-order valence-electron chi connectivity index (χ1n) is 8.68. The maximum atomic E-state index is 6.29. The van der Waals surface area contributed by atoms with Crippen molar-refractivity contribution < 1.29 is 9.47 Å². The summed E-state index contributed by atoms with van der Waals surface area (Å²) in [6.07, 6.45) is 2.33. The molecule has 0 radical (unpaired) electrons. The lowest BCUT2D eigenvalue weighted by atomic mass is 9.95. The zero-order valence-corrected chi connectivity index (χ0v) is 13.6. The van der Waals surface area contributed by atoms with Crippen LogP contribution in [0.4, 0.5) is 0 Å². The van der Waals surface area contributed by atoms with Crippen LogP contribution in [0.25, 0.3) is 10.8 Å². The smallest absolute Gasteiger partial charge is 0.104 e. The van der Waals surface area contributed by atoms with Crippen molar-refractivity contribution in [3.8, 4) is 0 Å². The molecule has 0 aromatic heterocycles. The van der Waals surface area contributed by atoms with Gasteiger partial charge in [0.15, 0.2) is 0 Å². The lowest BCUT2D eigenvalue weighted by Gasteiger charge is -2.19. The second-order valence-corrected chi connectivity index (χ2v) is 6.83. The molecule has 0 N–H and O–H groups in total. The van der Waals surface area contributed by atoms with Gasteiger partial charge >= 0.3 is 0 Å². The molecule has 0 spiro atoms. The van der Waals surface area contributed by atoms with Gasteiger partial charge in [-0.25, -0.2) is 0 Å². The predicted molar refractivity (Wildman–Crippen MR) is 95.3 cm³/mol. The van der Waals surface area contributed by atoms with Crippen molar-refractivity contribution in [3.05, 3.63) is 82.9 Å². The summed E-state index contributed by atoms with van der Waals surface area (Å²) in [5.41, 5.74) is 5.55. The van der Waals surface area contributed by atoms with E-state index in [1.165, 1.54) is 33.0 Å². The van der Waals surface area contributed by atoms with Crippen molar-refractivity contribution in [2.24, 2.45) is 0 Å². The molecule has 24 heavy (non-hydrogen) atoms. The number of benzene rings is 3. The van der Waals surface area contributed by atoms with Gasteiger partial charge in [0.05, 0.1) is 19.3 Å². The van der Waals surface area contributed by atoms with E-state index >= 15 is 0 Å². The fourth-order valence-electron chi connectivity index (χ4n) is 3.74. The Morgan fingerprint density at radius 3 is 2.38 bits per heavy atom. The summed E-state index contributed by atoms with van der Waals surface area (Å²) in [5, 5.41) is 2.60. The van der Waals surface area contributed by atoms with Crippen LogP contribution >= 0.6 is 0 Å². The highest BCUT2D eigenvalue weighted by molar-refractivity contribution is 5.84. The number of hydrogen-bond donors (Lipinski definition) is 0. The van der Waals surface area contributed by atoms with Crippen LogP contribution in [-0.4, -0.2) is 19.3 Å². The number of fused-ring (bicyclic) bond motifs is 3. The van der Waals surface area contributed by atoms with Crippen LogP contribution < -0.4 is 0 Å². The molecule has 1 aliphatic carbocycles. The monoisotopic (exact) mass is 316 g/mol. The van der Waals surface area contributed by atoms with Crippen LogP contribution in [0.15, 0.2) is 60.7 Å². The van der Waals surface area contributed by atoms with E-state index in [1.54, 1.807) is 0 Å². The minimum atomic E-state index is 0.109. The molecule has 2 heteroatoms. The van der Waals surface area contributed by atoms with E-state index in [9.17, 15) is 0 Å². The molecule has 3 aromatic rings. The average Bonchev–Trinajstić information content (AvgIpc) is 3.44. The van der Waals surface area contributed by atoms with Gasteiger partial charge in [-0.05, 0) is 45.5 Å². The largest absolute Gasteiger partial charge is 0.371 e. The average molecular weight is 316 g/mol. The molecule has 1 heterocycles. The SMILES string of the molecule is c1ccc2c(c1)Cc1cc3ccccc3cc1C(OCC1CO1)C2. The third-order valence-corrected chi connectivity index (χ3v) is 5.14. The van der Waals surface area contributed by atoms with Gasteiger partial charge in [-0.15, -0.1) is 0 Å². The van der Waals surface area contributed by atoms with Crippen molar-refractivity contribution in [1.29, 1.82) is 0 Å². The van der Waals surface area contributed by atoms with E-state index in [-0.39, 0.29) is 6.10 Å². The Morgan fingerprint density at radius 1 is 0.875 bits per heavy atom. The van der Waals surface area contributed by atoms with Crippen molar-refractivity contribution >= 4 is 10.8 Å². The molecular formula is C22H20O2. The van der Waals surface area contributed by atoms with E-state index in [4.69, 9.17) is 9.47 Å². The number of epoxide rings is 1. The summed E-state index contributed by atoms with van der Waals surface area (Å²) in [4.78, 5) is 0. The molecule has 3 aromatic carbocycles. The summed E-state index contributed by atoms with van der Waals surface area (Å²) < 4.78 is 11.6. The van der Waals surface area contributed by atoms with Crippen molar-refractivity contribution in [1.82, 2.24) is 0 Å². The zero-order chi connectivity index (χ0) is 15.9. The normalized spacial score (nSPS) is 21.8. The Balaban J connectivity index is 1.62. The summed E-state index contributed by atoms with van der Waals surface area (Å²) in [7, 11) is 0. The Labute approximate surface area is 142 Å². The zero-order valence-electron chi connectivity index (χ0n) is 13.6. The highest BCUT2D eigenvalue weighted by atomic mass is 16.6. The highest BCUT2D eigenvalue weighted by Gasteiger charge is 2.28. The van der Waals surface area contributed by atoms with Crippen LogP contribution in [0.2, 0.25) is 0 Å². The summed E-state index contributed by atoms with van der Waals surface area (Å²) in [5.74, 6) is 0. The molecule has 2 aliphatic rings. The van der Waals surface area contributed by atoms with Crippen LogP contribution in [0.1, 0.15) is 28.4 Å². The molecule has 0 bridgehead atoms. The predicted octanol–water partition coefficient (Wildman–Crippen LogP) is 4.44. The Hall–Kier alpha value is -2.16. The van der Waals surface area contributed by atoms with Crippen LogP contribution in [0.5, 0.6) is 0 Å². The minimum Gasteiger partial charge on any atom is -0.371 e. The lowest BCUT2D eigenvalue weighted by molar-refractivity contribution is 0.0422. The maximum Gasteiger partial charge on any atom is 0.104 e. The van der Waals surface area contributed by atoms with Crippen molar-refractivity contribution in [2.45, 2.75) is 25.0 Å². The van der Waals surface area contributed by atoms with E-state index in [2.05, 4.69) is 60.7 Å². The van der Waals surface area contributed by atoms with E-state index in [0.717, 1.165) is 19.4 Å². The summed E-state index contributed by atoms with van der Waals surface area (Å²) in [6.45, 7) is 1.53. The summed E-state index contributed by atoms with van der Waals surface area (Å²) >= 11 is 0. The molecule has 2 unspecified atom stereocenters. The van der Waals surface area contributed by atoms with Gasteiger partial charge in [-0.3, -0.25) is 0 Å². The number of rotatable bonds is 3. The topological polar surface area (TPSA) is 21.8 Å². The highest BCUT2D eigenvalue weighted by Crippen LogP contribution is 2.35. The lowest BCUT2D eigenvalue weighted by Crippen LogP contribution is -2.12. The molecule has 1 aliphatic heterocycles. The number of ether oxygens (including phenoxy) is 2. The molecule has 1 saturated heterocycles. The summed E-state index contributed by atoms with van der Waals surface area (Å²) in [6, 6.07) is 22.0. The fourth-order valence-corrected chi connectivity index (χ4v) is 3.74. The Bertz CT molecular complexity index is 895. The van der Waals surface area contributed by atoms with Gasteiger partial charge in [0.25, 0.3) is 0 Å². The van der Waals surface area contributed by atoms with Crippen molar-refractivity contribution in [2.75, 3.05) is 13.2 Å². The Kier molecular flexibility index (Phi) is 3.39. The first kappa shape index (κ1) is 14.2. The van der Waals surface area contributed by atoms with E-state index < -0.39 is 0 Å². The van der Waals surface area contributed by atoms with Gasteiger partial charge in [0, 0.05) is 6.42 Å². The first-order chi connectivity index (χ1) is 11.9. The van der Waals surface area contributed by atoms with Gasteiger partial charge in [-0.1, -0.05) is 54.6 Å². The molecule has 120 valence electrons. The molecule has 5 rings (SSSR count). The quantitative estimate of drug-likeness (QED) is 0.666. The third kappa shape index (κ3) is 2.62. The van der Waals surface area contributed by atoms with E-state index in [0.29, 0.717) is 12.7 Å². The first-order valence-corrected chi connectivity index (χ1v) is 8.68. The van der Waals surface area contributed by atoms with Crippen LogP contribution in [0.3, 0.4) is 0 Å². The molecule has 2 nitrogen and oxygen atoms in total. The van der Waals surface area contributed by atoms with E-state index in [1.807, 2.05) is 0 Å². The van der Waals surface area contributed by atoms with Gasteiger partial charge in [0.2, 0.25) is 0 Å².